The van der Waals surface area contributed by atoms with Gasteiger partial charge >= 0.3 is 0 Å². The first-order valence-electron chi connectivity index (χ1n) is 7.43. The summed E-state index contributed by atoms with van der Waals surface area (Å²) in [6.07, 6.45) is 3.41. The number of H-pyrrole nitrogens is 1. The summed E-state index contributed by atoms with van der Waals surface area (Å²) >= 11 is 1.39. The summed E-state index contributed by atoms with van der Waals surface area (Å²) in [6, 6.07) is 7.93. The van der Waals surface area contributed by atoms with E-state index in [2.05, 4.69) is 17.0 Å². The van der Waals surface area contributed by atoms with Crippen molar-refractivity contribution in [2.75, 3.05) is 11.5 Å². The van der Waals surface area contributed by atoms with Crippen molar-refractivity contribution < 1.29 is 0 Å². The molecule has 2 aromatic heterocycles. The van der Waals surface area contributed by atoms with Crippen LogP contribution in [0.1, 0.15) is 26.2 Å². The van der Waals surface area contributed by atoms with Crippen molar-refractivity contribution in [3.05, 3.63) is 29.1 Å². The molecule has 0 spiro atoms. The second-order valence-corrected chi connectivity index (χ2v) is 6.19. The van der Waals surface area contributed by atoms with Crippen molar-refractivity contribution in [1.82, 2.24) is 14.8 Å². The van der Waals surface area contributed by atoms with Crippen molar-refractivity contribution in [3.8, 4) is 0 Å². The molecule has 0 unspecified atom stereocenters. The Balaban J connectivity index is 2.04. The molecule has 0 aliphatic rings. The first-order valence-corrected chi connectivity index (χ1v) is 8.25. The molecule has 0 aliphatic heterocycles. The average molecular weight is 316 g/mol. The van der Waals surface area contributed by atoms with Gasteiger partial charge in [-0.15, -0.1) is 5.10 Å². The van der Waals surface area contributed by atoms with E-state index in [4.69, 9.17) is 16.5 Å². The third-order valence-electron chi connectivity index (χ3n) is 3.54. The van der Waals surface area contributed by atoms with E-state index in [1.54, 1.807) is 0 Å². The van der Waals surface area contributed by atoms with E-state index in [0.29, 0.717) is 10.9 Å². The fraction of sp³-hybridized carbons (Fsp3) is 0.333. The number of unbranched alkanes of at least 4 members (excludes halogenated alkanes) is 2. The van der Waals surface area contributed by atoms with Gasteiger partial charge in [0.1, 0.15) is 11.6 Å². The van der Waals surface area contributed by atoms with Gasteiger partial charge < -0.3 is 16.5 Å². The Kier molecular flexibility index (Phi) is 4.15. The molecule has 0 radical (unpaired) electrons. The van der Waals surface area contributed by atoms with Gasteiger partial charge in [-0.25, -0.2) is 9.67 Å². The van der Waals surface area contributed by atoms with Crippen LogP contribution >= 0.6 is 11.3 Å². The molecule has 3 aromatic rings. The Morgan fingerprint density at radius 3 is 2.77 bits per heavy atom. The second-order valence-electron chi connectivity index (χ2n) is 5.20. The van der Waals surface area contributed by atoms with Crippen LogP contribution in [0.25, 0.3) is 10.8 Å². The molecular weight excluding hydrogens is 296 g/mol. The van der Waals surface area contributed by atoms with Crippen LogP contribution in [-0.2, 0) is 6.54 Å². The highest BCUT2D eigenvalue weighted by Crippen LogP contribution is 2.29. The zero-order valence-electron chi connectivity index (χ0n) is 12.5. The molecule has 0 fully saturated rings. The zero-order valence-corrected chi connectivity index (χ0v) is 13.4. The van der Waals surface area contributed by atoms with E-state index in [0.717, 1.165) is 34.4 Å². The van der Waals surface area contributed by atoms with Crippen molar-refractivity contribution >= 4 is 38.9 Å². The predicted molar refractivity (Wildman–Crippen MR) is 92.0 cm³/mol. The maximum Gasteiger partial charge on any atom is 0.211 e. The standard InChI is InChI=1S/C15H20N6S/c1-2-3-6-9-21-15(22-14(17)20-21)19-13-11-8-5-4-7-10(11)12(16)18-13/h4-5,7-8,18H,2-3,6,9,16H2,1H3,(H2,17,20). The quantitative estimate of drug-likeness (QED) is 0.631. The minimum Gasteiger partial charge on any atom is -0.385 e. The smallest absolute Gasteiger partial charge is 0.211 e. The van der Waals surface area contributed by atoms with Gasteiger partial charge in [0.05, 0.1) is 0 Å². The number of nitrogen functional groups attached to an aromatic ring is 2. The number of nitrogens with zero attached hydrogens (tertiary/aromatic N) is 3. The average Bonchev–Trinajstić information content (AvgIpc) is 3.01. The SMILES string of the molecule is CCCCCn1nc(N)sc1=Nc1[nH]c(N)c2ccccc12. The van der Waals surface area contributed by atoms with Gasteiger partial charge in [0.15, 0.2) is 0 Å². The minimum atomic E-state index is 0.527. The van der Waals surface area contributed by atoms with Gasteiger partial charge in [-0.1, -0.05) is 55.4 Å². The van der Waals surface area contributed by atoms with Gasteiger partial charge in [-0.2, -0.15) is 0 Å². The van der Waals surface area contributed by atoms with Gasteiger partial charge in [-0.3, -0.25) is 0 Å². The molecule has 116 valence electrons. The van der Waals surface area contributed by atoms with Crippen LogP contribution in [0.4, 0.5) is 16.8 Å². The number of rotatable bonds is 5. The lowest BCUT2D eigenvalue weighted by Gasteiger charge is -1.99. The summed E-state index contributed by atoms with van der Waals surface area (Å²) in [5, 5.41) is 6.86. The Bertz CT molecular complexity index is 841. The molecule has 0 saturated heterocycles. The van der Waals surface area contributed by atoms with Crippen LogP contribution in [0.15, 0.2) is 29.3 Å². The number of hydrogen-bond acceptors (Lipinski definition) is 5. The lowest BCUT2D eigenvalue weighted by molar-refractivity contribution is 0.539. The number of aromatic amines is 1. The van der Waals surface area contributed by atoms with E-state index >= 15 is 0 Å². The van der Waals surface area contributed by atoms with Crippen LogP contribution in [0.3, 0.4) is 0 Å². The number of nitrogens with two attached hydrogens (primary N) is 2. The third kappa shape index (κ3) is 2.85. The van der Waals surface area contributed by atoms with Gasteiger partial charge in [0.25, 0.3) is 0 Å². The molecule has 7 heteroatoms. The summed E-state index contributed by atoms with van der Waals surface area (Å²) in [5.41, 5.74) is 11.9. The molecule has 5 N–H and O–H groups in total. The van der Waals surface area contributed by atoms with Crippen molar-refractivity contribution in [1.29, 1.82) is 0 Å². The monoisotopic (exact) mass is 316 g/mol. The molecule has 0 saturated carbocycles. The van der Waals surface area contributed by atoms with Gasteiger partial charge in [-0.05, 0) is 6.42 Å². The molecule has 1 aromatic carbocycles. The van der Waals surface area contributed by atoms with E-state index in [9.17, 15) is 0 Å². The predicted octanol–water partition coefficient (Wildman–Crippen LogP) is 3.01. The Hall–Kier alpha value is -2.28. The van der Waals surface area contributed by atoms with E-state index in [-0.39, 0.29) is 0 Å². The maximum atomic E-state index is 6.01. The molecule has 2 heterocycles. The molecule has 0 atom stereocenters. The van der Waals surface area contributed by atoms with Gasteiger partial charge in [0.2, 0.25) is 9.93 Å². The topological polar surface area (TPSA) is 98.0 Å². The summed E-state index contributed by atoms with van der Waals surface area (Å²) in [6.45, 7) is 3.01. The zero-order chi connectivity index (χ0) is 15.5. The largest absolute Gasteiger partial charge is 0.385 e. The van der Waals surface area contributed by atoms with Crippen LogP contribution in [0, 0.1) is 0 Å². The number of aromatic nitrogens is 3. The fourth-order valence-corrected chi connectivity index (χ4v) is 3.14. The highest BCUT2D eigenvalue weighted by molar-refractivity contribution is 7.12. The molecule has 6 nitrogen and oxygen atoms in total. The number of hydrogen-bond donors (Lipinski definition) is 3. The van der Waals surface area contributed by atoms with Gasteiger partial charge in [0, 0.05) is 17.3 Å². The Morgan fingerprint density at radius 1 is 1.23 bits per heavy atom. The van der Waals surface area contributed by atoms with Crippen molar-refractivity contribution in [2.45, 2.75) is 32.7 Å². The van der Waals surface area contributed by atoms with Crippen LogP contribution in [-0.4, -0.2) is 14.8 Å². The van der Waals surface area contributed by atoms with Crippen LogP contribution in [0.5, 0.6) is 0 Å². The van der Waals surface area contributed by atoms with Crippen molar-refractivity contribution in [3.63, 3.8) is 0 Å². The number of anilines is 2. The number of aryl methyl sites for hydroxylation is 1. The van der Waals surface area contributed by atoms with E-state index < -0.39 is 0 Å². The summed E-state index contributed by atoms with van der Waals surface area (Å²) in [5.74, 6) is 1.38. The number of benzene rings is 1. The lowest BCUT2D eigenvalue weighted by Crippen LogP contribution is -2.16. The summed E-state index contributed by atoms with van der Waals surface area (Å²) in [4.78, 5) is 8.63. The molecule has 22 heavy (non-hydrogen) atoms. The van der Waals surface area contributed by atoms with E-state index in [1.807, 2.05) is 28.9 Å². The summed E-state index contributed by atoms with van der Waals surface area (Å²) < 4.78 is 1.88. The molecular formula is C15H20N6S. The molecule has 0 aliphatic carbocycles. The van der Waals surface area contributed by atoms with E-state index in [1.165, 1.54) is 24.2 Å². The number of fused-ring (bicyclic) bond motifs is 1. The first-order chi connectivity index (χ1) is 10.7. The van der Waals surface area contributed by atoms with Crippen LogP contribution in [0.2, 0.25) is 0 Å². The van der Waals surface area contributed by atoms with Crippen LogP contribution < -0.4 is 16.3 Å². The minimum absolute atomic E-state index is 0.527. The van der Waals surface area contributed by atoms with Crippen molar-refractivity contribution in [2.24, 2.45) is 4.99 Å². The molecule has 3 rings (SSSR count). The highest BCUT2D eigenvalue weighted by atomic mass is 32.1. The second kappa shape index (κ2) is 6.23. The normalized spacial score (nSPS) is 12.3. The lowest BCUT2D eigenvalue weighted by atomic mass is 10.2. The fourth-order valence-electron chi connectivity index (χ4n) is 2.44. The maximum absolute atomic E-state index is 6.01. The molecule has 0 amide bonds. The highest BCUT2D eigenvalue weighted by Gasteiger charge is 2.08. The third-order valence-corrected chi connectivity index (χ3v) is 4.32. The Labute approximate surface area is 132 Å². The first kappa shape index (κ1) is 14.6. The Morgan fingerprint density at radius 2 is 2.00 bits per heavy atom. The number of nitrogens with one attached hydrogen (secondary N) is 1. The summed E-state index contributed by atoms with van der Waals surface area (Å²) in [7, 11) is 0. The molecule has 0 bridgehead atoms.